The molecule has 112 valence electrons. The van der Waals surface area contributed by atoms with E-state index in [2.05, 4.69) is 0 Å². The van der Waals surface area contributed by atoms with Crippen LogP contribution < -0.4 is 4.74 Å². The molecule has 21 heavy (non-hydrogen) atoms. The molecular formula is C11H10BF3N2O4. The Balaban J connectivity index is 2.14. The molecule has 1 aliphatic heterocycles. The van der Waals surface area contributed by atoms with Gasteiger partial charge in [-0.15, -0.1) is 0 Å². The molecule has 2 rings (SSSR count). The molecule has 1 heterocycles. The van der Waals surface area contributed by atoms with Gasteiger partial charge in [0.2, 0.25) is 0 Å². The van der Waals surface area contributed by atoms with Crippen molar-refractivity contribution >= 4 is 19.3 Å². The molecule has 10 heteroatoms. The van der Waals surface area contributed by atoms with Crippen LogP contribution in [-0.2, 0) is 11.0 Å². The van der Waals surface area contributed by atoms with E-state index >= 15 is 0 Å². The van der Waals surface area contributed by atoms with Crippen LogP contribution >= 0.6 is 0 Å². The van der Waals surface area contributed by atoms with Crippen molar-refractivity contribution < 1.29 is 27.6 Å². The highest BCUT2D eigenvalue weighted by Gasteiger charge is 2.34. The molecule has 1 saturated heterocycles. The summed E-state index contributed by atoms with van der Waals surface area (Å²) in [4.78, 5) is 21.8. The van der Waals surface area contributed by atoms with Crippen molar-refractivity contribution in [2.24, 2.45) is 0 Å². The molecule has 6 nitrogen and oxygen atoms in total. The maximum Gasteiger partial charge on any atom is 0.416 e. The van der Waals surface area contributed by atoms with E-state index in [0.717, 1.165) is 12.1 Å². The zero-order valence-electron chi connectivity index (χ0n) is 10.7. The van der Waals surface area contributed by atoms with Crippen molar-refractivity contribution in [1.82, 2.24) is 4.81 Å². The lowest BCUT2D eigenvalue weighted by molar-refractivity contribution is -0.385. The minimum Gasteiger partial charge on any atom is -0.488 e. The van der Waals surface area contributed by atoms with Crippen molar-refractivity contribution in [3.63, 3.8) is 0 Å². The maximum absolute atomic E-state index is 12.7. The Morgan fingerprint density at radius 2 is 2.05 bits per heavy atom. The highest BCUT2D eigenvalue weighted by Crippen LogP contribution is 2.35. The molecule has 0 atom stereocenters. The number of carbonyl (C=O) groups is 1. The van der Waals surface area contributed by atoms with Gasteiger partial charge in [0, 0.05) is 19.2 Å². The van der Waals surface area contributed by atoms with Gasteiger partial charge in [-0.2, -0.15) is 13.2 Å². The summed E-state index contributed by atoms with van der Waals surface area (Å²) in [5.74, 6) is -0.202. The number of hydrogen-bond acceptors (Lipinski definition) is 5. The Hall–Kier alpha value is -2.10. The van der Waals surface area contributed by atoms with Gasteiger partial charge in [0.25, 0.3) is 13.1 Å². The van der Waals surface area contributed by atoms with Gasteiger partial charge in [-0.25, -0.2) is 0 Å². The first-order chi connectivity index (χ1) is 9.79. The molecule has 0 unspecified atom stereocenters. The van der Waals surface area contributed by atoms with E-state index < -0.39 is 22.4 Å². The Bertz CT molecular complexity index is 561. The lowest BCUT2D eigenvalue weighted by Crippen LogP contribution is -2.55. The molecular weight excluding hydrogens is 292 g/mol. The molecule has 1 aliphatic rings. The van der Waals surface area contributed by atoms with Gasteiger partial charge in [0.05, 0.1) is 22.7 Å². The first kappa shape index (κ1) is 15.3. The number of nitrogens with zero attached hydrogens (tertiary/aromatic N) is 2. The molecule has 1 aromatic rings. The third kappa shape index (κ3) is 3.72. The summed E-state index contributed by atoms with van der Waals surface area (Å²) in [6.45, 7) is 0.783. The monoisotopic (exact) mass is 302 g/mol. The second kappa shape index (κ2) is 5.72. The zero-order chi connectivity index (χ0) is 15.6. The van der Waals surface area contributed by atoms with Crippen molar-refractivity contribution in [1.29, 1.82) is 0 Å². The number of halogens is 3. The first-order valence-electron chi connectivity index (χ1n) is 5.99. The Labute approximate surface area is 117 Å². The quantitative estimate of drug-likeness (QED) is 0.354. The predicted molar refractivity (Wildman–Crippen MR) is 68.0 cm³/mol. The van der Waals surface area contributed by atoms with Gasteiger partial charge in [0.15, 0.2) is 0 Å². The zero-order valence-corrected chi connectivity index (χ0v) is 10.7. The molecule has 1 aromatic carbocycles. The molecule has 0 aromatic heterocycles. The topological polar surface area (TPSA) is 72.7 Å². The number of carbonyl (C=O) groups excluding carboxylic acids is 1. The van der Waals surface area contributed by atoms with Crippen LogP contribution in [0.25, 0.3) is 0 Å². The van der Waals surface area contributed by atoms with E-state index in [9.17, 15) is 28.1 Å². The standard InChI is InChI=1S/C11H10BF3N2O4/c13-11(14,15)7-1-8(17(19)20)3-9(2-7)21-10-4-16(5-10)12-6-18/h1-3,6,10,12H,4-5H2. The number of ether oxygens (including phenoxy) is 1. The van der Waals surface area contributed by atoms with Crippen LogP contribution in [0.15, 0.2) is 18.2 Å². The second-order valence-corrected chi connectivity index (χ2v) is 4.60. The highest BCUT2D eigenvalue weighted by molar-refractivity contribution is 6.64. The SMILES string of the molecule is O=CBN1CC(Oc2cc([N+](=O)[O-])cc(C(F)(F)F)c2)C1. The summed E-state index contributed by atoms with van der Waals surface area (Å²) in [7, 11) is 0.225. The summed E-state index contributed by atoms with van der Waals surface area (Å²) >= 11 is 0. The van der Waals surface area contributed by atoms with Crippen LogP contribution in [-0.4, -0.2) is 42.5 Å². The summed E-state index contributed by atoms with van der Waals surface area (Å²) in [5.41, 5.74) is -1.81. The largest absolute Gasteiger partial charge is 0.488 e. The minimum atomic E-state index is -4.69. The summed E-state index contributed by atoms with van der Waals surface area (Å²) in [6.07, 6.45) is -4.36. The van der Waals surface area contributed by atoms with Crippen molar-refractivity contribution in [3.05, 3.63) is 33.9 Å². The number of nitro groups is 1. The molecule has 0 bridgehead atoms. The minimum absolute atomic E-state index is 0.202. The van der Waals surface area contributed by atoms with Gasteiger partial charge in [-0.05, 0) is 6.07 Å². The van der Waals surface area contributed by atoms with Crippen molar-refractivity contribution in [3.8, 4) is 5.75 Å². The smallest absolute Gasteiger partial charge is 0.416 e. The van der Waals surface area contributed by atoms with Gasteiger partial charge < -0.3 is 14.3 Å². The fraction of sp³-hybridized carbons (Fsp3) is 0.364. The van der Waals surface area contributed by atoms with Gasteiger partial charge >= 0.3 is 6.18 Å². The van der Waals surface area contributed by atoms with Crippen LogP contribution in [0.3, 0.4) is 0 Å². The number of non-ortho nitro benzene ring substituents is 1. The van der Waals surface area contributed by atoms with Gasteiger partial charge in [-0.1, -0.05) is 0 Å². The summed E-state index contributed by atoms with van der Waals surface area (Å²) < 4.78 is 43.3. The maximum atomic E-state index is 12.7. The van der Waals surface area contributed by atoms with E-state index in [1.54, 1.807) is 4.81 Å². The van der Waals surface area contributed by atoms with E-state index in [0.29, 0.717) is 25.3 Å². The molecule has 0 spiro atoms. The molecule has 0 N–H and O–H groups in total. The lowest BCUT2D eigenvalue weighted by atomic mass is 9.89. The number of nitro benzene ring substituents is 1. The number of alkyl halides is 3. The third-order valence-corrected chi connectivity index (χ3v) is 2.99. The van der Waals surface area contributed by atoms with Crippen LogP contribution in [0.2, 0.25) is 0 Å². The fourth-order valence-electron chi connectivity index (χ4n) is 1.96. The Morgan fingerprint density at radius 1 is 1.38 bits per heavy atom. The summed E-state index contributed by atoms with van der Waals surface area (Å²) in [6, 6.07) is 2.15. The molecule has 0 amide bonds. The Morgan fingerprint density at radius 3 is 2.57 bits per heavy atom. The fourth-order valence-corrected chi connectivity index (χ4v) is 1.96. The Kier molecular flexibility index (Phi) is 4.17. The average Bonchev–Trinajstić information content (AvgIpc) is 2.35. The molecule has 1 fully saturated rings. The van der Waals surface area contributed by atoms with E-state index in [1.165, 1.54) is 0 Å². The third-order valence-electron chi connectivity index (χ3n) is 2.99. The predicted octanol–water partition coefficient (Wildman–Crippen LogP) is 1.22. The van der Waals surface area contributed by atoms with Crippen LogP contribution in [0.1, 0.15) is 5.56 Å². The molecule has 0 radical (unpaired) electrons. The second-order valence-electron chi connectivity index (χ2n) is 4.60. The van der Waals surface area contributed by atoms with Crippen molar-refractivity contribution in [2.45, 2.75) is 12.3 Å². The normalized spacial score (nSPS) is 16.1. The lowest BCUT2D eigenvalue weighted by Gasteiger charge is -2.37. The van der Waals surface area contributed by atoms with Crippen LogP contribution in [0, 0.1) is 10.1 Å². The number of rotatable bonds is 5. The van der Waals surface area contributed by atoms with Gasteiger partial charge in [0.1, 0.15) is 11.9 Å². The molecule has 0 aliphatic carbocycles. The van der Waals surface area contributed by atoms with Crippen molar-refractivity contribution in [2.75, 3.05) is 13.1 Å². The van der Waals surface area contributed by atoms with Gasteiger partial charge in [-0.3, -0.25) is 10.1 Å². The average molecular weight is 302 g/mol. The number of hydrogen-bond donors (Lipinski definition) is 0. The highest BCUT2D eigenvalue weighted by atomic mass is 19.4. The first-order valence-corrected chi connectivity index (χ1v) is 5.99. The summed E-state index contributed by atoms with van der Waals surface area (Å²) in [5, 5.41) is 10.7. The van der Waals surface area contributed by atoms with E-state index in [4.69, 9.17) is 4.74 Å². The van der Waals surface area contributed by atoms with E-state index in [1.807, 2.05) is 0 Å². The van der Waals surface area contributed by atoms with E-state index in [-0.39, 0.29) is 19.3 Å². The molecule has 0 saturated carbocycles. The van der Waals surface area contributed by atoms with Crippen LogP contribution in [0.5, 0.6) is 5.75 Å². The van der Waals surface area contributed by atoms with Crippen LogP contribution in [0.4, 0.5) is 18.9 Å². The number of benzene rings is 1.